The monoisotopic (exact) mass is 561 g/mol. The van der Waals surface area contributed by atoms with E-state index < -0.39 is 11.8 Å². The number of aromatic nitrogens is 5. The fourth-order valence-corrected chi connectivity index (χ4v) is 5.41. The molecule has 1 N–H and O–H groups in total. The summed E-state index contributed by atoms with van der Waals surface area (Å²) >= 11 is 5.41. The molecule has 7 rings (SSSR count). The van der Waals surface area contributed by atoms with Crippen LogP contribution in [0.4, 0.5) is 5.69 Å². The summed E-state index contributed by atoms with van der Waals surface area (Å²) in [4.78, 5) is 28.2. The molecular weight excluding hydrogens is 538 g/mol. The third kappa shape index (κ3) is 3.97. The second kappa shape index (κ2) is 9.14. The second-order valence-electron chi connectivity index (χ2n) is 9.90. The topological polar surface area (TPSA) is 97.6 Å². The average molecular weight is 562 g/mol. The van der Waals surface area contributed by atoms with Gasteiger partial charge in [0, 0.05) is 17.8 Å². The molecule has 0 aliphatic carbocycles. The molecule has 11 heteroatoms. The Bertz CT molecular complexity index is 2060. The molecule has 4 aromatic heterocycles. The van der Waals surface area contributed by atoms with Crippen molar-refractivity contribution in [3.63, 3.8) is 0 Å². The molecule has 0 bridgehead atoms. The first kappa shape index (κ1) is 24.7. The maximum atomic E-state index is 13.8. The van der Waals surface area contributed by atoms with Gasteiger partial charge in [0.05, 0.1) is 17.1 Å². The lowest BCUT2D eigenvalue weighted by Gasteiger charge is -2.29. The van der Waals surface area contributed by atoms with Crippen molar-refractivity contribution in [3.8, 4) is 11.5 Å². The zero-order chi connectivity index (χ0) is 28.4. The number of nitrogens with zero attached hydrogens (tertiary/aromatic N) is 6. The Morgan fingerprint density at radius 3 is 2.32 bits per heavy atom. The van der Waals surface area contributed by atoms with E-state index in [1.807, 2.05) is 73.8 Å². The maximum absolute atomic E-state index is 13.8. The smallest absolute Gasteiger partial charge is 0.270 e. The van der Waals surface area contributed by atoms with Crippen LogP contribution in [0.2, 0.25) is 0 Å². The number of nitrogens with one attached hydrogen (secondary N) is 1. The van der Waals surface area contributed by atoms with Crippen molar-refractivity contribution in [2.75, 3.05) is 4.90 Å². The predicted octanol–water partition coefficient (Wildman–Crippen LogP) is 4.78. The molecule has 0 radical (unpaired) electrons. The van der Waals surface area contributed by atoms with Gasteiger partial charge in [-0.2, -0.15) is 19.2 Å². The highest BCUT2D eigenvalue weighted by atomic mass is 32.1. The molecule has 1 saturated heterocycles. The highest BCUT2D eigenvalue weighted by Crippen LogP contribution is 2.29. The quantitative estimate of drug-likeness (QED) is 0.189. The molecule has 1 aliphatic rings. The number of aryl methyl sites for hydroxylation is 3. The summed E-state index contributed by atoms with van der Waals surface area (Å²) in [6, 6.07) is 20.3. The zero-order valence-electron chi connectivity index (χ0n) is 22.3. The van der Waals surface area contributed by atoms with Crippen LogP contribution in [-0.2, 0) is 9.59 Å². The van der Waals surface area contributed by atoms with Gasteiger partial charge in [0.2, 0.25) is 0 Å². The number of para-hydroxylation sites is 1. The molecule has 0 atom stereocenters. The first-order chi connectivity index (χ1) is 19.8. The van der Waals surface area contributed by atoms with Crippen molar-refractivity contribution in [3.05, 3.63) is 101 Å². The number of anilines is 1. The van der Waals surface area contributed by atoms with Crippen LogP contribution >= 0.6 is 12.2 Å². The van der Waals surface area contributed by atoms with Crippen molar-refractivity contribution in [1.82, 2.24) is 28.9 Å². The molecule has 1 fully saturated rings. The van der Waals surface area contributed by atoms with Gasteiger partial charge in [0.1, 0.15) is 28.4 Å². The van der Waals surface area contributed by atoms with E-state index in [-0.39, 0.29) is 10.7 Å². The van der Waals surface area contributed by atoms with Gasteiger partial charge in [-0.3, -0.25) is 24.2 Å². The predicted molar refractivity (Wildman–Crippen MR) is 158 cm³/mol. The first-order valence-corrected chi connectivity index (χ1v) is 13.3. The Morgan fingerprint density at radius 1 is 0.878 bits per heavy atom. The van der Waals surface area contributed by atoms with E-state index in [2.05, 4.69) is 5.32 Å². The fraction of sp³-hybridized carbons (Fsp3) is 0.100. The summed E-state index contributed by atoms with van der Waals surface area (Å²) in [5.41, 5.74) is 5.91. The van der Waals surface area contributed by atoms with E-state index in [1.165, 1.54) is 4.90 Å². The average Bonchev–Trinajstić information content (AvgIpc) is 3.62. The molecule has 2 aromatic carbocycles. The van der Waals surface area contributed by atoms with Gasteiger partial charge in [-0.25, -0.2) is 0 Å². The van der Waals surface area contributed by atoms with Crippen LogP contribution < -0.4 is 15.0 Å². The van der Waals surface area contributed by atoms with Gasteiger partial charge in [-0.1, -0.05) is 18.2 Å². The molecule has 1 aliphatic heterocycles. The first-order valence-electron chi connectivity index (χ1n) is 12.9. The van der Waals surface area contributed by atoms with E-state index in [0.29, 0.717) is 34.1 Å². The Kier molecular flexibility index (Phi) is 5.51. The van der Waals surface area contributed by atoms with Crippen molar-refractivity contribution in [2.24, 2.45) is 0 Å². The minimum absolute atomic E-state index is 0.000856. The van der Waals surface area contributed by atoms with E-state index in [1.54, 1.807) is 39.4 Å². The molecule has 0 unspecified atom stereocenters. The number of hydrogen-bond donors (Lipinski definition) is 1. The fourth-order valence-electron chi connectivity index (χ4n) is 5.12. The van der Waals surface area contributed by atoms with Crippen LogP contribution in [0.1, 0.15) is 22.5 Å². The van der Waals surface area contributed by atoms with Crippen molar-refractivity contribution in [1.29, 1.82) is 0 Å². The van der Waals surface area contributed by atoms with Crippen LogP contribution in [0.25, 0.3) is 23.0 Å². The van der Waals surface area contributed by atoms with E-state index in [9.17, 15) is 9.59 Å². The molecule has 10 nitrogen and oxygen atoms in total. The number of benzene rings is 2. The van der Waals surface area contributed by atoms with Crippen molar-refractivity contribution >= 4 is 57.8 Å². The summed E-state index contributed by atoms with van der Waals surface area (Å²) < 4.78 is 11.5. The summed E-state index contributed by atoms with van der Waals surface area (Å²) in [7, 11) is 0. The largest absolute Gasteiger partial charge is 0.457 e. The Balaban J connectivity index is 1.32. The second-order valence-corrected chi connectivity index (χ2v) is 10.3. The summed E-state index contributed by atoms with van der Waals surface area (Å²) in [5.74, 6) is 0.177. The molecule has 0 saturated carbocycles. The van der Waals surface area contributed by atoms with Gasteiger partial charge in [-0.15, -0.1) is 0 Å². The van der Waals surface area contributed by atoms with Gasteiger partial charge < -0.3 is 4.74 Å². The number of carbonyl (C=O) groups is 2. The summed E-state index contributed by atoms with van der Waals surface area (Å²) in [6.07, 6.45) is 3.59. The van der Waals surface area contributed by atoms with Crippen LogP contribution in [0.5, 0.6) is 11.5 Å². The number of amides is 2. The van der Waals surface area contributed by atoms with Gasteiger partial charge >= 0.3 is 0 Å². The van der Waals surface area contributed by atoms with Crippen LogP contribution in [0, 0.1) is 20.8 Å². The maximum Gasteiger partial charge on any atom is 0.270 e. The zero-order valence-corrected chi connectivity index (χ0v) is 23.1. The minimum atomic E-state index is -0.577. The summed E-state index contributed by atoms with van der Waals surface area (Å²) in [5, 5.41) is 12.1. The van der Waals surface area contributed by atoms with Crippen molar-refractivity contribution < 1.29 is 14.3 Å². The lowest BCUT2D eigenvalue weighted by atomic mass is 10.1. The third-order valence-electron chi connectivity index (χ3n) is 6.96. The lowest BCUT2D eigenvalue weighted by Crippen LogP contribution is -2.54. The number of thiocarbonyl (C=S) groups is 1. The molecule has 202 valence electrons. The van der Waals surface area contributed by atoms with E-state index in [4.69, 9.17) is 27.2 Å². The molecular formula is C30H23N7O3S. The standard InChI is InChI=1S/C30H23N7O3S/c1-17-13-25-34(16-17)26-14-18(2)32-36(26)28-23(19(3)33-37(25)28)15-24-27(38)31-30(41)35(29(24)39)20-9-11-22(12-10-20)40-21-7-5-4-6-8-21/h4-16H,1-3H3,(H,31,38,41)/b24-15-. The Morgan fingerprint density at radius 2 is 1.56 bits per heavy atom. The number of carbonyl (C=O) groups excluding carboxylic acids is 2. The Labute approximate surface area is 239 Å². The Hall–Kier alpha value is -5.29. The SMILES string of the molecule is Cc1cc2n(c1)c1cc(C)nn1c1c(/C=C3/C(=O)NC(=S)N(c4ccc(Oc5ccccc5)cc4)C3=O)c(C)nn21. The van der Waals surface area contributed by atoms with Gasteiger partial charge in [0.15, 0.2) is 10.8 Å². The molecule has 2 amide bonds. The minimum Gasteiger partial charge on any atom is -0.457 e. The molecule has 0 spiro atoms. The number of fused-ring (bicyclic) bond motifs is 6. The van der Waals surface area contributed by atoms with Crippen molar-refractivity contribution in [2.45, 2.75) is 20.8 Å². The third-order valence-corrected chi connectivity index (χ3v) is 7.24. The lowest BCUT2D eigenvalue weighted by molar-refractivity contribution is -0.122. The highest BCUT2D eigenvalue weighted by molar-refractivity contribution is 7.80. The number of ether oxygens (including phenoxy) is 1. The normalized spacial score (nSPS) is 15.0. The molecule has 5 heterocycles. The molecule has 41 heavy (non-hydrogen) atoms. The van der Waals surface area contributed by atoms with E-state index in [0.717, 1.165) is 22.6 Å². The van der Waals surface area contributed by atoms with Crippen LogP contribution in [0.3, 0.4) is 0 Å². The van der Waals surface area contributed by atoms with Gasteiger partial charge in [0.25, 0.3) is 11.8 Å². The summed E-state index contributed by atoms with van der Waals surface area (Å²) in [6.45, 7) is 5.77. The number of rotatable bonds is 4. The van der Waals surface area contributed by atoms with Gasteiger partial charge in [-0.05, 0) is 87.1 Å². The van der Waals surface area contributed by atoms with E-state index >= 15 is 0 Å². The molecule has 6 aromatic rings. The van der Waals surface area contributed by atoms with Crippen LogP contribution in [0.15, 0.2) is 78.5 Å². The highest BCUT2D eigenvalue weighted by Gasteiger charge is 2.35. The van der Waals surface area contributed by atoms with Crippen LogP contribution in [-0.4, -0.2) is 40.6 Å². The number of hydrogen-bond acceptors (Lipinski definition) is 6.